The first kappa shape index (κ1) is 24.9. The van der Waals surface area contributed by atoms with Gasteiger partial charge in [-0.2, -0.15) is 0 Å². The van der Waals surface area contributed by atoms with Crippen molar-refractivity contribution in [1.29, 1.82) is 0 Å². The average molecular weight is 493 g/mol. The Kier molecular flexibility index (Phi) is 8.39. The van der Waals surface area contributed by atoms with Crippen LogP contribution in [0.1, 0.15) is 32.6 Å². The van der Waals surface area contributed by atoms with Crippen molar-refractivity contribution in [1.82, 2.24) is 16.3 Å². The van der Waals surface area contributed by atoms with Crippen LogP contribution in [0.4, 0.5) is 17.1 Å². The molecule has 0 unspecified atom stereocenters. The fourth-order valence-electron chi connectivity index (χ4n) is 3.07. The topological polar surface area (TPSA) is 89.2 Å². The second kappa shape index (κ2) is 11.4. The first-order valence-corrected chi connectivity index (χ1v) is 11.5. The summed E-state index contributed by atoms with van der Waals surface area (Å²) < 4.78 is 0. The van der Waals surface area contributed by atoms with Gasteiger partial charge < -0.3 is 10.6 Å². The number of aryl methyl sites for hydroxylation is 4. The predicted molar refractivity (Wildman–Crippen MR) is 148 cm³/mol. The maximum Gasteiger partial charge on any atom is 0.269 e. The molecule has 0 aliphatic carbocycles. The summed E-state index contributed by atoms with van der Waals surface area (Å²) in [6.07, 6.45) is 0. The zero-order valence-corrected chi connectivity index (χ0v) is 21.1. The van der Waals surface area contributed by atoms with Gasteiger partial charge in [0.1, 0.15) is 0 Å². The van der Waals surface area contributed by atoms with Gasteiger partial charge in [0, 0.05) is 16.9 Å². The summed E-state index contributed by atoms with van der Waals surface area (Å²) in [7, 11) is 0. The molecule has 0 bridgehead atoms. The van der Waals surface area contributed by atoms with Gasteiger partial charge >= 0.3 is 0 Å². The fourth-order valence-corrected chi connectivity index (χ4v) is 3.39. The SMILES string of the molecule is Cc1ccc(C)c(NC(=S)NNC(=O)c2ccc(NNC(=S)Nc3cc(C)ccc3C)cc2)c1. The van der Waals surface area contributed by atoms with Gasteiger partial charge in [0.05, 0.1) is 5.69 Å². The van der Waals surface area contributed by atoms with Crippen molar-refractivity contribution < 1.29 is 4.79 Å². The molecular formula is C25H28N6OS2. The molecule has 3 rings (SSSR count). The number of benzene rings is 3. The second-order valence-electron chi connectivity index (χ2n) is 7.95. The van der Waals surface area contributed by atoms with Crippen LogP contribution in [-0.2, 0) is 0 Å². The lowest BCUT2D eigenvalue weighted by Gasteiger charge is -2.15. The number of hydrazine groups is 2. The van der Waals surface area contributed by atoms with E-state index in [0.717, 1.165) is 39.3 Å². The largest absolute Gasteiger partial charge is 0.331 e. The van der Waals surface area contributed by atoms with Crippen LogP contribution < -0.4 is 32.3 Å². The summed E-state index contributed by atoms with van der Waals surface area (Å²) in [6, 6.07) is 19.1. The number of thiocarbonyl (C=S) groups is 2. The number of nitrogens with one attached hydrogen (secondary N) is 6. The number of anilines is 3. The van der Waals surface area contributed by atoms with Crippen LogP contribution in [0, 0.1) is 27.7 Å². The summed E-state index contributed by atoms with van der Waals surface area (Å²) in [6.45, 7) is 8.04. The van der Waals surface area contributed by atoms with Crippen molar-refractivity contribution in [3.8, 4) is 0 Å². The highest BCUT2D eigenvalue weighted by molar-refractivity contribution is 7.80. The van der Waals surface area contributed by atoms with Crippen molar-refractivity contribution >= 4 is 57.6 Å². The van der Waals surface area contributed by atoms with Gasteiger partial charge in [-0.15, -0.1) is 0 Å². The van der Waals surface area contributed by atoms with E-state index in [4.69, 9.17) is 24.4 Å². The lowest BCUT2D eigenvalue weighted by Crippen LogP contribution is -2.43. The van der Waals surface area contributed by atoms with Crippen LogP contribution in [0.3, 0.4) is 0 Å². The zero-order valence-electron chi connectivity index (χ0n) is 19.5. The van der Waals surface area contributed by atoms with Crippen molar-refractivity contribution in [2.75, 3.05) is 16.1 Å². The van der Waals surface area contributed by atoms with E-state index in [9.17, 15) is 4.79 Å². The van der Waals surface area contributed by atoms with E-state index in [0.29, 0.717) is 15.8 Å². The van der Waals surface area contributed by atoms with E-state index >= 15 is 0 Å². The number of rotatable bonds is 5. The molecule has 0 atom stereocenters. The summed E-state index contributed by atoms with van der Waals surface area (Å²) in [5.41, 5.74) is 18.8. The van der Waals surface area contributed by atoms with E-state index in [-0.39, 0.29) is 5.91 Å². The van der Waals surface area contributed by atoms with Gasteiger partial charge in [-0.3, -0.25) is 26.5 Å². The Balaban J connectivity index is 1.46. The molecule has 6 N–H and O–H groups in total. The average Bonchev–Trinajstić information content (AvgIpc) is 2.81. The third kappa shape index (κ3) is 7.16. The van der Waals surface area contributed by atoms with Crippen LogP contribution in [-0.4, -0.2) is 16.1 Å². The normalized spacial score (nSPS) is 10.1. The van der Waals surface area contributed by atoms with Crippen molar-refractivity contribution in [2.45, 2.75) is 27.7 Å². The summed E-state index contributed by atoms with van der Waals surface area (Å²) in [5, 5.41) is 6.99. The Labute approximate surface area is 210 Å². The monoisotopic (exact) mass is 492 g/mol. The number of hydrogen-bond donors (Lipinski definition) is 6. The minimum absolute atomic E-state index is 0.300. The van der Waals surface area contributed by atoms with E-state index in [1.54, 1.807) is 24.3 Å². The van der Waals surface area contributed by atoms with E-state index in [1.165, 1.54) is 0 Å². The highest BCUT2D eigenvalue weighted by Gasteiger charge is 2.07. The summed E-state index contributed by atoms with van der Waals surface area (Å²) in [5.74, 6) is -0.309. The Morgan fingerprint density at radius 2 is 1.15 bits per heavy atom. The second-order valence-corrected chi connectivity index (χ2v) is 8.77. The van der Waals surface area contributed by atoms with Crippen molar-refractivity contribution in [3.63, 3.8) is 0 Å². The molecule has 0 saturated carbocycles. The number of amides is 1. The first-order chi connectivity index (χ1) is 16.2. The molecule has 3 aromatic rings. The van der Waals surface area contributed by atoms with E-state index in [2.05, 4.69) is 38.4 Å². The minimum atomic E-state index is -0.309. The van der Waals surface area contributed by atoms with Crippen molar-refractivity contribution in [2.24, 2.45) is 0 Å². The third-order valence-electron chi connectivity index (χ3n) is 5.04. The third-order valence-corrected chi connectivity index (χ3v) is 5.45. The van der Waals surface area contributed by atoms with Crippen LogP contribution in [0.2, 0.25) is 0 Å². The minimum Gasteiger partial charge on any atom is -0.331 e. The standard InChI is InChI=1S/C25H28N6OS2/c1-15-5-7-17(3)21(13-15)26-24(33)30-28-20-11-9-19(10-12-20)23(32)29-31-25(34)27-22-14-16(2)6-8-18(22)4/h5-14,28H,1-4H3,(H,29,32)(H2,26,30,33)(H2,27,31,34). The number of carbonyl (C=O) groups is 1. The molecule has 176 valence electrons. The van der Waals surface area contributed by atoms with Gasteiger partial charge in [-0.25, -0.2) is 0 Å². The molecule has 0 aliphatic heterocycles. The van der Waals surface area contributed by atoms with Gasteiger partial charge in [0.25, 0.3) is 5.91 Å². The maximum absolute atomic E-state index is 12.4. The highest BCUT2D eigenvalue weighted by Crippen LogP contribution is 2.17. The van der Waals surface area contributed by atoms with Gasteiger partial charge in [-0.1, -0.05) is 24.3 Å². The lowest BCUT2D eigenvalue weighted by atomic mass is 10.1. The molecule has 9 heteroatoms. The molecular weight excluding hydrogens is 464 g/mol. The molecule has 0 spiro atoms. The number of carbonyl (C=O) groups excluding carboxylic acids is 1. The molecule has 0 radical (unpaired) electrons. The predicted octanol–water partition coefficient (Wildman–Crippen LogP) is 4.87. The highest BCUT2D eigenvalue weighted by atomic mass is 32.1. The van der Waals surface area contributed by atoms with Crippen molar-refractivity contribution in [3.05, 3.63) is 88.5 Å². The summed E-state index contributed by atoms with van der Waals surface area (Å²) >= 11 is 10.6. The Morgan fingerprint density at radius 1 is 0.647 bits per heavy atom. The smallest absolute Gasteiger partial charge is 0.269 e. The first-order valence-electron chi connectivity index (χ1n) is 10.7. The Bertz CT molecular complexity index is 1210. The maximum atomic E-state index is 12.4. The number of hydrogen-bond acceptors (Lipinski definition) is 4. The molecule has 1 amide bonds. The molecule has 0 saturated heterocycles. The van der Waals surface area contributed by atoms with Gasteiger partial charge in [0.2, 0.25) is 0 Å². The van der Waals surface area contributed by atoms with E-state index < -0.39 is 0 Å². The molecule has 34 heavy (non-hydrogen) atoms. The van der Waals surface area contributed by atoms with Gasteiger partial charge in [-0.05, 0) is 111 Å². The zero-order chi connectivity index (χ0) is 24.7. The van der Waals surface area contributed by atoms with Crippen LogP contribution >= 0.6 is 24.4 Å². The molecule has 0 heterocycles. The molecule has 0 aromatic heterocycles. The Hall–Kier alpha value is -3.69. The quantitative estimate of drug-likeness (QED) is 0.222. The van der Waals surface area contributed by atoms with Gasteiger partial charge in [0.15, 0.2) is 10.2 Å². The lowest BCUT2D eigenvalue weighted by molar-refractivity contribution is 0.0944. The Morgan fingerprint density at radius 3 is 1.68 bits per heavy atom. The summed E-state index contributed by atoms with van der Waals surface area (Å²) in [4.78, 5) is 12.4. The molecule has 3 aromatic carbocycles. The molecule has 0 fully saturated rings. The molecule has 7 nitrogen and oxygen atoms in total. The van der Waals surface area contributed by atoms with Crippen LogP contribution in [0.15, 0.2) is 60.7 Å². The van der Waals surface area contributed by atoms with Crippen LogP contribution in [0.25, 0.3) is 0 Å². The van der Waals surface area contributed by atoms with E-state index in [1.807, 2.05) is 58.0 Å². The fraction of sp³-hybridized carbons (Fsp3) is 0.160. The molecule has 0 aliphatic rings. The van der Waals surface area contributed by atoms with Crippen LogP contribution in [0.5, 0.6) is 0 Å².